The molecule has 1 aromatic carbocycles. The van der Waals surface area contributed by atoms with Gasteiger partial charge in [0.2, 0.25) is 0 Å². The molecule has 1 rings (SSSR count). The summed E-state index contributed by atoms with van der Waals surface area (Å²) in [5, 5.41) is 3.61. The summed E-state index contributed by atoms with van der Waals surface area (Å²) in [5.41, 5.74) is 5.30. The molecule has 6 heteroatoms. The van der Waals surface area contributed by atoms with Crippen molar-refractivity contribution in [2.45, 2.75) is 6.42 Å². The van der Waals surface area contributed by atoms with Crippen molar-refractivity contribution in [1.29, 1.82) is 0 Å². The fourth-order valence-electron chi connectivity index (χ4n) is 1.14. The first-order chi connectivity index (χ1) is 8.11. The highest BCUT2D eigenvalue weighted by molar-refractivity contribution is 6.34. The number of amides is 1. The van der Waals surface area contributed by atoms with Crippen LogP contribution in [0.25, 0.3) is 0 Å². The first kappa shape index (κ1) is 14.1. The third-order valence-electron chi connectivity index (χ3n) is 1.91. The first-order valence-electron chi connectivity index (χ1n) is 5.17. The molecule has 0 heterocycles. The summed E-state index contributed by atoms with van der Waals surface area (Å²) in [6.45, 7) is 1.03. The van der Waals surface area contributed by atoms with Crippen LogP contribution in [0.1, 0.15) is 6.42 Å². The number of benzene rings is 1. The summed E-state index contributed by atoms with van der Waals surface area (Å²) >= 11 is 11.6. The summed E-state index contributed by atoms with van der Waals surface area (Å²) < 4.78 is 5.25. The van der Waals surface area contributed by atoms with Gasteiger partial charge in [0.15, 0.2) is 6.61 Å². The van der Waals surface area contributed by atoms with Gasteiger partial charge < -0.3 is 15.8 Å². The second kappa shape index (κ2) is 7.37. The van der Waals surface area contributed by atoms with Gasteiger partial charge in [-0.3, -0.25) is 4.79 Å². The molecular formula is C11H14Cl2N2O2. The van der Waals surface area contributed by atoms with E-state index in [2.05, 4.69) is 5.32 Å². The number of halogens is 2. The molecule has 0 fully saturated rings. The van der Waals surface area contributed by atoms with Crippen LogP contribution < -0.4 is 15.8 Å². The Morgan fingerprint density at radius 1 is 1.29 bits per heavy atom. The molecule has 17 heavy (non-hydrogen) atoms. The molecule has 0 bridgehead atoms. The molecular weight excluding hydrogens is 263 g/mol. The van der Waals surface area contributed by atoms with Crippen LogP contribution in [-0.2, 0) is 4.79 Å². The van der Waals surface area contributed by atoms with Crippen LogP contribution in [-0.4, -0.2) is 25.6 Å². The van der Waals surface area contributed by atoms with Crippen molar-refractivity contribution in [1.82, 2.24) is 5.32 Å². The fourth-order valence-corrected chi connectivity index (χ4v) is 1.65. The molecule has 4 nitrogen and oxygen atoms in total. The Balaban J connectivity index is 2.36. The molecule has 94 valence electrons. The maximum Gasteiger partial charge on any atom is 0.257 e. The molecule has 0 radical (unpaired) electrons. The van der Waals surface area contributed by atoms with E-state index < -0.39 is 0 Å². The number of nitrogens with one attached hydrogen (secondary N) is 1. The van der Waals surface area contributed by atoms with E-state index in [1.54, 1.807) is 18.2 Å². The molecule has 0 saturated carbocycles. The number of hydrogen-bond donors (Lipinski definition) is 2. The smallest absolute Gasteiger partial charge is 0.257 e. The quantitative estimate of drug-likeness (QED) is 0.780. The van der Waals surface area contributed by atoms with Crippen molar-refractivity contribution in [2.75, 3.05) is 19.7 Å². The van der Waals surface area contributed by atoms with E-state index in [9.17, 15) is 4.79 Å². The Kier molecular flexibility index (Phi) is 6.11. The topological polar surface area (TPSA) is 64.3 Å². The lowest BCUT2D eigenvalue weighted by molar-refractivity contribution is -0.123. The second-order valence-corrected chi connectivity index (χ2v) is 4.26. The lowest BCUT2D eigenvalue weighted by Gasteiger charge is -2.07. The number of rotatable bonds is 6. The maximum absolute atomic E-state index is 11.3. The molecule has 0 aliphatic carbocycles. The molecule has 1 aromatic rings. The lowest BCUT2D eigenvalue weighted by atomic mass is 10.3. The Morgan fingerprint density at radius 2 is 1.94 bits per heavy atom. The van der Waals surface area contributed by atoms with Gasteiger partial charge in [-0.25, -0.2) is 0 Å². The molecule has 0 spiro atoms. The number of carbonyl (C=O) groups excluding carboxylic acids is 1. The summed E-state index contributed by atoms with van der Waals surface area (Å²) in [7, 11) is 0. The van der Waals surface area contributed by atoms with Crippen molar-refractivity contribution in [2.24, 2.45) is 5.73 Å². The predicted octanol–water partition coefficient (Wildman–Crippen LogP) is 1.84. The van der Waals surface area contributed by atoms with E-state index in [0.29, 0.717) is 28.9 Å². The Labute approximate surface area is 110 Å². The summed E-state index contributed by atoms with van der Waals surface area (Å²) in [6.07, 6.45) is 0.745. The van der Waals surface area contributed by atoms with Crippen LogP contribution in [0.2, 0.25) is 10.0 Å². The zero-order chi connectivity index (χ0) is 12.7. The minimum Gasteiger partial charge on any atom is -0.484 e. The van der Waals surface area contributed by atoms with Gasteiger partial charge >= 0.3 is 0 Å². The Bertz CT molecular complexity index is 365. The van der Waals surface area contributed by atoms with E-state index >= 15 is 0 Å². The van der Waals surface area contributed by atoms with Crippen molar-refractivity contribution >= 4 is 29.1 Å². The third-order valence-corrected chi connectivity index (χ3v) is 2.35. The van der Waals surface area contributed by atoms with E-state index in [1.807, 2.05) is 0 Å². The van der Waals surface area contributed by atoms with Crippen molar-refractivity contribution < 1.29 is 9.53 Å². The SMILES string of the molecule is NCCCNC(=O)COc1cc(Cl)cc(Cl)c1. The molecule has 0 aliphatic heterocycles. The minimum atomic E-state index is -0.199. The van der Waals surface area contributed by atoms with Gasteiger partial charge in [-0.05, 0) is 31.2 Å². The molecule has 3 N–H and O–H groups in total. The number of hydrogen-bond acceptors (Lipinski definition) is 3. The Hall–Kier alpha value is -0.970. The minimum absolute atomic E-state index is 0.0682. The molecule has 0 unspecified atom stereocenters. The van der Waals surface area contributed by atoms with Crippen LogP contribution in [0.4, 0.5) is 0 Å². The molecule has 0 aliphatic rings. The van der Waals surface area contributed by atoms with Crippen molar-refractivity contribution in [3.63, 3.8) is 0 Å². The molecule has 0 aromatic heterocycles. The monoisotopic (exact) mass is 276 g/mol. The molecule has 0 atom stereocenters. The Morgan fingerprint density at radius 3 is 2.53 bits per heavy atom. The maximum atomic E-state index is 11.3. The number of nitrogens with two attached hydrogens (primary N) is 1. The lowest BCUT2D eigenvalue weighted by Crippen LogP contribution is -2.30. The van der Waals surface area contributed by atoms with Gasteiger partial charge in [0.1, 0.15) is 5.75 Å². The van der Waals surface area contributed by atoms with Crippen molar-refractivity contribution in [3.05, 3.63) is 28.2 Å². The van der Waals surface area contributed by atoms with E-state index in [-0.39, 0.29) is 12.5 Å². The van der Waals surface area contributed by atoms with Gasteiger partial charge in [0.05, 0.1) is 0 Å². The highest BCUT2D eigenvalue weighted by Crippen LogP contribution is 2.23. The van der Waals surface area contributed by atoms with Gasteiger partial charge in [-0.1, -0.05) is 23.2 Å². The zero-order valence-corrected chi connectivity index (χ0v) is 10.7. The van der Waals surface area contributed by atoms with Crippen molar-refractivity contribution in [3.8, 4) is 5.75 Å². The van der Waals surface area contributed by atoms with Crippen LogP contribution >= 0.6 is 23.2 Å². The fraction of sp³-hybridized carbons (Fsp3) is 0.364. The van der Waals surface area contributed by atoms with E-state index in [4.69, 9.17) is 33.7 Å². The zero-order valence-electron chi connectivity index (χ0n) is 9.21. The van der Waals surface area contributed by atoms with Crippen LogP contribution in [0.3, 0.4) is 0 Å². The van der Waals surface area contributed by atoms with Gasteiger partial charge in [0, 0.05) is 16.6 Å². The largest absolute Gasteiger partial charge is 0.484 e. The second-order valence-electron chi connectivity index (χ2n) is 3.39. The molecule has 1 amide bonds. The highest BCUT2D eigenvalue weighted by Gasteiger charge is 2.03. The van der Waals surface area contributed by atoms with Gasteiger partial charge in [-0.15, -0.1) is 0 Å². The van der Waals surface area contributed by atoms with E-state index in [1.165, 1.54) is 0 Å². The number of carbonyl (C=O) groups is 1. The highest BCUT2D eigenvalue weighted by atomic mass is 35.5. The predicted molar refractivity (Wildman–Crippen MR) is 68.6 cm³/mol. The first-order valence-corrected chi connectivity index (χ1v) is 5.93. The van der Waals surface area contributed by atoms with Crippen LogP contribution in [0, 0.1) is 0 Å². The van der Waals surface area contributed by atoms with Gasteiger partial charge in [-0.2, -0.15) is 0 Å². The average molecular weight is 277 g/mol. The van der Waals surface area contributed by atoms with Crippen LogP contribution in [0.5, 0.6) is 5.75 Å². The van der Waals surface area contributed by atoms with E-state index in [0.717, 1.165) is 6.42 Å². The summed E-state index contributed by atoms with van der Waals surface area (Å²) in [5.74, 6) is 0.269. The van der Waals surface area contributed by atoms with Gasteiger partial charge in [0.25, 0.3) is 5.91 Å². The molecule has 0 saturated heterocycles. The standard InChI is InChI=1S/C11H14Cl2N2O2/c12-8-4-9(13)6-10(5-8)17-7-11(16)15-3-1-2-14/h4-6H,1-3,7,14H2,(H,15,16). The normalized spacial score (nSPS) is 10.1. The summed E-state index contributed by atoms with van der Waals surface area (Å²) in [4.78, 5) is 11.3. The summed E-state index contributed by atoms with van der Waals surface area (Å²) in [6, 6.07) is 4.79. The number of ether oxygens (including phenoxy) is 1. The third kappa shape index (κ3) is 5.77. The van der Waals surface area contributed by atoms with Crippen LogP contribution in [0.15, 0.2) is 18.2 Å². The average Bonchev–Trinajstić information content (AvgIpc) is 2.25.